The molecule has 0 aliphatic carbocycles. The molecule has 21 heavy (non-hydrogen) atoms. The van der Waals surface area contributed by atoms with Gasteiger partial charge in [0.15, 0.2) is 0 Å². The largest absolute Gasteiger partial charge is 0.398 e. The normalized spacial score (nSPS) is 11.4. The van der Waals surface area contributed by atoms with Crippen molar-refractivity contribution >= 4 is 37.3 Å². The summed E-state index contributed by atoms with van der Waals surface area (Å²) in [6, 6.07) is 8.68. The first-order valence-electron chi connectivity index (χ1n) is 6.37. The molecule has 0 saturated carbocycles. The summed E-state index contributed by atoms with van der Waals surface area (Å²) in [5, 5.41) is 0. The molecule has 0 aliphatic heterocycles. The van der Waals surface area contributed by atoms with Crippen LogP contribution in [0.5, 0.6) is 0 Å². The number of aryl methyl sites for hydroxylation is 2. The van der Waals surface area contributed by atoms with Gasteiger partial charge >= 0.3 is 0 Å². The minimum absolute atomic E-state index is 0.184. The minimum Gasteiger partial charge on any atom is -0.398 e. The number of anilines is 2. The molecule has 0 saturated heterocycles. The summed E-state index contributed by atoms with van der Waals surface area (Å²) < 4.78 is 28.5. The summed E-state index contributed by atoms with van der Waals surface area (Å²) >= 11 is 3.29. The van der Waals surface area contributed by atoms with E-state index in [-0.39, 0.29) is 4.90 Å². The Balaban J connectivity index is 2.48. The lowest BCUT2D eigenvalue weighted by Crippen LogP contribution is -2.15. The van der Waals surface area contributed by atoms with Gasteiger partial charge in [-0.05, 0) is 71.6 Å². The van der Waals surface area contributed by atoms with Gasteiger partial charge < -0.3 is 5.73 Å². The Morgan fingerprint density at radius 3 is 2.43 bits per heavy atom. The van der Waals surface area contributed by atoms with Crippen molar-refractivity contribution in [1.29, 1.82) is 0 Å². The zero-order valence-electron chi connectivity index (χ0n) is 12.1. The summed E-state index contributed by atoms with van der Waals surface area (Å²) in [7, 11) is -3.67. The smallest absolute Gasteiger partial charge is 0.262 e. The van der Waals surface area contributed by atoms with Crippen LogP contribution in [-0.2, 0) is 10.0 Å². The Bertz CT molecular complexity index is 802. The number of benzene rings is 2. The van der Waals surface area contributed by atoms with E-state index in [1.165, 1.54) is 6.07 Å². The first-order valence-corrected chi connectivity index (χ1v) is 8.64. The lowest BCUT2D eigenvalue weighted by atomic mass is 10.1. The standard InChI is InChI=1S/C15H17BrN2O2S/c1-9-5-4-6-14(11(9)3)18-21(19,20)15-8-13(17)12(16)7-10(15)2/h4-8,18H,17H2,1-3H3. The van der Waals surface area contributed by atoms with Crippen LogP contribution in [0, 0.1) is 20.8 Å². The molecule has 2 rings (SSSR count). The molecular weight excluding hydrogens is 352 g/mol. The van der Waals surface area contributed by atoms with Crippen molar-refractivity contribution in [2.75, 3.05) is 10.5 Å². The van der Waals surface area contributed by atoms with E-state index < -0.39 is 10.0 Å². The van der Waals surface area contributed by atoms with Gasteiger partial charge in [-0.15, -0.1) is 0 Å². The van der Waals surface area contributed by atoms with Crippen LogP contribution >= 0.6 is 15.9 Å². The molecule has 0 bridgehead atoms. The fraction of sp³-hybridized carbons (Fsp3) is 0.200. The predicted molar refractivity (Wildman–Crippen MR) is 90.0 cm³/mol. The molecule has 0 amide bonds. The zero-order valence-corrected chi connectivity index (χ0v) is 14.5. The van der Waals surface area contributed by atoms with Crippen LogP contribution in [0.15, 0.2) is 39.7 Å². The fourth-order valence-electron chi connectivity index (χ4n) is 2.02. The molecule has 0 unspecified atom stereocenters. The number of nitrogens with two attached hydrogens (primary N) is 1. The van der Waals surface area contributed by atoms with E-state index in [0.29, 0.717) is 21.4 Å². The minimum atomic E-state index is -3.67. The van der Waals surface area contributed by atoms with Gasteiger partial charge in [-0.3, -0.25) is 4.72 Å². The van der Waals surface area contributed by atoms with Crippen molar-refractivity contribution in [2.24, 2.45) is 0 Å². The van der Waals surface area contributed by atoms with Crippen LogP contribution in [-0.4, -0.2) is 8.42 Å². The fourth-order valence-corrected chi connectivity index (χ4v) is 3.86. The molecule has 0 heterocycles. The average molecular weight is 369 g/mol. The molecular formula is C15H17BrN2O2S. The van der Waals surface area contributed by atoms with Gasteiger partial charge in [-0.25, -0.2) is 8.42 Å². The van der Waals surface area contributed by atoms with Gasteiger partial charge in [0.2, 0.25) is 0 Å². The monoisotopic (exact) mass is 368 g/mol. The third kappa shape index (κ3) is 3.22. The van der Waals surface area contributed by atoms with E-state index in [4.69, 9.17) is 5.73 Å². The van der Waals surface area contributed by atoms with Crippen LogP contribution in [0.4, 0.5) is 11.4 Å². The van der Waals surface area contributed by atoms with Gasteiger partial charge in [0.05, 0.1) is 10.6 Å². The number of hydrogen-bond acceptors (Lipinski definition) is 3. The van der Waals surface area contributed by atoms with E-state index >= 15 is 0 Å². The Hall–Kier alpha value is -1.53. The molecule has 0 atom stereocenters. The van der Waals surface area contributed by atoms with Gasteiger partial charge in [-0.2, -0.15) is 0 Å². The average Bonchev–Trinajstić information content (AvgIpc) is 2.39. The Morgan fingerprint density at radius 2 is 1.76 bits per heavy atom. The zero-order chi connectivity index (χ0) is 15.8. The van der Waals surface area contributed by atoms with E-state index in [1.807, 2.05) is 26.0 Å². The molecule has 0 radical (unpaired) electrons. The summed E-state index contributed by atoms with van der Waals surface area (Å²) in [4.78, 5) is 0.184. The summed E-state index contributed by atoms with van der Waals surface area (Å²) in [5.74, 6) is 0. The van der Waals surface area contributed by atoms with Gasteiger partial charge in [0.1, 0.15) is 0 Å². The maximum atomic E-state index is 12.6. The molecule has 2 aromatic carbocycles. The number of rotatable bonds is 3. The van der Waals surface area contributed by atoms with Crippen molar-refractivity contribution in [3.63, 3.8) is 0 Å². The highest BCUT2D eigenvalue weighted by atomic mass is 79.9. The molecule has 0 aliphatic rings. The van der Waals surface area contributed by atoms with E-state index in [0.717, 1.165) is 11.1 Å². The second-order valence-corrected chi connectivity index (χ2v) is 7.50. The Labute approximate surface area is 133 Å². The van der Waals surface area contributed by atoms with Crippen LogP contribution in [0.2, 0.25) is 0 Å². The molecule has 0 fully saturated rings. The number of nitrogens with one attached hydrogen (secondary N) is 1. The van der Waals surface area contributed by atoms with Crippen LogP contribution in [0.1, 0.15) is 16.7 Å². The third-order valence-electron chi connectivity index (χ3n) is 3.43. The van der Waals surface area contributed by atoms with E-state index in [9.17, 15) is 8.42 Å². The number of hydrogen-bond donors (Lipinski definition) is 2. The highest BCUT2D eigenvalue weighted by Gasteiger charge is 2.19. The van der Waals surface area contributed by atoms with Gasteiger partial charge in [-0.1, -0.05) is 12.1 Å². The lowest BCUT2D eigenvalue weighted by Gasteiger charge is -2.14. The molecule has 2 aromatic rings. The maximum absolute atomic E-state index is 12.6. The van der Waals surface area contributed by atoms with Crippen LogP contribution < -0.4 is 10.5 Å². The predicted octanol–water partition coefficient (Wildman–Crippen LogP) is 3.76. The van der Waals surface area contributed by atoms with Gasteiger partial charge in [0.25, 0.3) is 10.0 Å². The summed E-state index contributed by atoms with van der Waals surface area (Å²) in [6.07, 6.45) is 0. The second kappa shape index (κ2) is 5.69. The van der Waals surface area contributed by atoms with E-state index in [2.05, 4.69) is 20.7 Å². The van der Waals surface area contributed by atoms with Crippen LogP contribution in [0.25, 0.3) is 0 Å². The number of sulfonamides is 1. The van der Waals surface area contributed by atoms with Crippen molar-refractivity contribution < 1.29 is 8.42 Å². The van der Waals surface area contributed by atoms with Crippen molar-refractivity contribution in [2.45, 2.75) is 25.7 Å². The Morgan fingerprint density at radius 1 is 1.10 bits per heavy atom. The quantitative estimate of drug-likeness (QED) is 0.810. The Kier molecular flexibility index (Phi) is 4.30. The molecule has 112 valence electrons. The highest BCUT2D eigenvalue weighted by molar-refractivity contribution is 9.10. The number of halogens is 1. The van der Waals surface area contributed by atoms with Crippen LogP contribution in [0.3, 0.4) is 0 Å². The second-order valence-electron chi connectivity index (χ2n) is 4.99. The third-order valence-corrected chi connectivity index (χ3v) is 5.63. The summed E-state index contributed by atoms with van der Waals surface area (Å²) in [5.41, 5.74) is 9.33. The molecule has 0 aromatic heterocycles. The molecule has 4 nitrogen and oxygen atoms in total. The topological polar surface area (TPSA) is 72.2 Å². The van der Waals surface area contributed by atoms with Crippen molar-refractivity contribution in [3.8, 4) is 0 Å². The molecule has 3 N–H and O–H groups in total. The van der Waals surface area contributed by atoms with E-state index in [1.54, 1.807) is 19.1 Å². The maximum Gasteiger partial charge on any atom is 0.262 e. The van der Waals surface area contributed by atoms with Crippen molar-refractivity contribution in [3.05, 3.63) is 51.5 Å². The first kappa shape index (κ1) is 15.9. The lowest BCUT2D eigenvalue weighted by molar-refractivity contribution is 0.600. The number of nitrogen functional groups attached to an aromatic ring is 1. The first-order chi connectivity index (χ1) is 9.72. The highest BCUT2D eigenvalue weighted by Crippen LogP contribution is 2.29. The SMILES string of the molecule is Cc1cc(Br)c(N)cc1S(=O)(=O)Nc1cccc(C)c1C. The van der Waals surface area contributed by atoms with Crippen molar-refractivity contribution in [1.82, 2.24) is 0 Å². The van der Waals surface area contributed by atoms with Gasteiger partial charge in [0, 0.05) is 10.2 Å². The summed E-state index contributed by atoms with van der Waals surface area (Å²) in [6.45, 7) is 5.56. The molecule has 0 spiro atoms. The molecule has 6 heteroatoms.